The zero-order chi connectivity index (χ0) is 31.6. The minimum absolute atomic E-state index is 0.430. The van der Waals surface area contributed by atoms with Crippen LogP contribution in [0.3, 0.4) is 0 Å². The number of imidazole rings is 1. The van der Waals surface area contributed by atoms with E-state index in [0.717, 1.165) is 16.9 Å². The van der Waals surface area contributed by atoms with Crippen molar-refractivity contribution in [3.05, 3.63) is 139 Å². The number of fused-ring (bicyclic) bond motifs is 6. The molecule has 0 bridgehead atoms. The number of aliphatic hydroxyl groups excluding tert-OH is 2. The van der Waals surface area contributed by atoms with Gasteiger partial charge in [0.25, 0.3) is 0 Å². The Balaban J connectivity index is 0.000000147. The molecule has 0 aliphatic carbocycles. The second-order valence-corrected chi connectivity index (χ2v) is 12.0. The van der Waals surface area contributed by atoms with Gasteiger partial charge in [-0.15, -0.1) is 0 Å². The zero-order valence-electron chi connectivity index (χ0n) is 26.2. The van der Waals surface area contributed by atoms with Gasteiger partial charge in [0, 0.05) is 74.4 Å². The van der Waals surface area contributed by atoms with Gasteiger partial charge in [0.2, 0.25) is 0 Å². The summed E-state index contributed by atoms with van der Waals surface area (Å²) in [7, 11) is 0. The topological polar surface area (TPSA) is 73.1 Å². The molecule has 0 radical (unpaired) electrons. The Morgan fingerprint density at radius 3 is 1.28 bits per heavy atom. The van der Waals surface area contributed by atoms with Crippen LogP contribution in [0.2, 0.25) is 0 Å². The second kappa shape index (κ2) is 12.7. The summed E-state index contributed by atoms with van der Waals surface area (Å²) in [5.74, 6) is 0.922. The van der Waals surface area contributed by atoms with E-state index in [1.807, 2.05) is 42.1 Å². The van der Waals surface area contributed by atoms with Crippen LogP contribution in [0.15, 0.2) is 128 Å². The van der Waals surface area contributed by atoms with Crippen LogP contribution in [-0.4, -0.2) is 45.7 Å². The highest BCUT2D eigenvalue weighted by molar-refractivity contribution is 6.08. The molecular weight excluding hydrogens is 570 g/mol. The van der Waals surface area contributed by atoms with Crippen LogP contribution in [0.4, 0.5) is 0 Å². The Morgan fingerprint density at radius 2 is 0.913 bits per heavy atom. The van der Waals surface area contributed by atoms with Crippen molar-refractivity contribution in [1.29, 1.82) is 0 Å². The Hall–Kier alpha value is -5.11. The number of benzene rings is 4. The summed E-state index contributed by atoms with van der Waals surface area (Å²) in [6.07, 6.45) is 4.79. The molecule has 0 saturated heterocycles. The molecule has 0 spiro atoms. The first-order chi connectivity index (χ1) is 22.5. The summed E-state index contributed by atoms with van der Waals surface area (Å²) in [6, 6.07) is 37.6. The lowest BCUT2D eigenvalue weighted by Gasteiger charge is -2.16. The molecule has 4 aromatic carbocycles. The molecule has 8 rings (SSSR count). The second-order valence-electron chi connectivity index (χ2n) is 12.0. The van der Waals surface area contributed by atoms with Gasteiger partial charge in [-0.2, -0.15) is 0 Å². The lowest BCUT2D eigenvalue weighted by atomic mass is 10.2. The van der Waals surface area contributed by atoms with Crippen LogP contribution >= 0.6 is 0 Å². The molecule has 232 valence electrons. The van der Waals surface area contributed by atoms with E-state index < -0.39 is 12.2 Å². The van der Waals surface area contributed by atoms with E-state index in [1.165, 1.54) is 38.3 Å². The van der Waals surface area contributed by atoms with Crippen molar-refractivity contribution in [3.63, 3.8) is 0 Å². The van der Waals surface area contributed by atoms with E-state index in [0.29, 0.717) is 26.2 Å². The molecule has 46 heavy (non-hydrogen) atoms. The Labute approximate surface area is 268 Å². The summed E-state index contributed by atoms with van der Waals surface area (Å²) >= 11 is 0. The van der Waals surface area contributed by atoms with Crippen molar-refractivity contribution in [1.82, 2.24) is 23.3 Å². The van der Waals surface area contributed by atoms with E-state index >= 15 is 0 Å². The van der Waals surface area contributed by atoms with Crippen LogP contribution in [0, 0.1) is 13.8 Å². The molecule has 2 atom stereocenters. The molecule has 8 aromatic rings. The molecular formula is C39H39N5O2. The van der Waals surface area contributed by atoms with Crippen molar-refractivity contribution in [3.8, 4) is 0 Å². The molecule has 2 unspecified atom stereocenters. The van der Waals surface area contributed by atoms with Gasteiger partial charge >= 0.3 is 0 Å². The Morgan fingerprint density at radius 1 is 0.500 bits per heavy atom. The molecule has 0 saturated carbocycles. The molecule has 7 nitrogen and oxygen atoms in total. The fourth-order valence-electron chi connectivity index (χ4n) is 6.69. The van der Waals surface area contributed by atoms with E-state index in [9.17, 15) is 10.2 Å². The molecule has 0 aliphatic rings. The summed E-state index contributed by atoms with van der Waals surface area (Å²) in [6.45, 7) is 6.32. The number of aryl methyl sites for hydroxylation is 2. The van der Waals surface area contributed by atoms with Gasteiger partial charge in [-0.3, -0.25) is 0 Å². The molecule has 0 aliphatic heterocycles. The minimum atomic E-state index is -0.470. The predicted octanol–water partition coefficient (Wildman–Crippen LogP) is 7.33. The third-order valence-electron chi connectivity index (χ3n) is 8.94. The van der Waals surface area contributed by atoms with Gasteiger partial charge < -0.3 is 28.5 Å². The number of nitrogens with zero attached hydrogens (tertiary/aromatic N) is 5. The molecule has 2 N–H and O–H groups in total. The standard InChI is InChI=1S/C20H20N2O.C19H19N3O/c1-15-7-6-12-21(15)13-16(23)14-22-19-10-4-2-8-17(19)18-9-3-5-11-20(18)22;1-14-20-10-11-21(14)12-15(23)13-22-18-8-4-2-6-16(18)17-7-3-5-9-19(17)22/h2-12,16,23H,13-14H2,1H3;2-11,15,23H,12-13H2,1H3. The Kier molecular flexibility index (Phi) is 8.18. The van der Waals surface area contributed by atoms with Gasteiger partial charge in [-0.05, 0) is 50.2 Å². The summed E-state index contributed by atoms with van der Waals surface area (Å²) in [4.78, 5) is 4.21. The number of hydrogen-bond acceptors (Lipinski definition) is 3. The predicted molar refractivity (Wildman–Crippen MR) is 187 cm³/mol. The quantitative estimate of drug-likeness (QED) is 0.190. The SMILES string of the molecule is Cc1cccn1CC(O)Cn1c2ccccc2c2ccccc21.Cc1nccn1CC(O)Cn1c2ccccc2c2ccccc21. The summed E-state index contributed by atoms with van der Waals surface area (Å²) in [5, 5.41) is 26.1. The maximum atomic E-state index is 10.6. The number of rotatable bonds is 8. The zero-order valence-corrected chi connectivity index (χ0v) is 26.2. The fourth-order valence-corrected chi connectivity index (χ4v) is 6.69. The summed E-state index contributed by atoms with van der Waals surface area (Å²) in [5.41, 5.74) is 5.85. The average Bonchev–Trinajstić information content (AvgIpc) is 3.83. The highest BCUT2D eigenvalue weighted by atomic mass is 16.3. The lowest BCUT2D eigenvalue weighted by Crippen LogP contribution is -2.22. The number of aliphatic hydroxyl groups is 2. The van der Waals surface area contributed by atoms with Gasteiger partial charge in [0.15, 0.2) is 0 Å². The number of aromatic nitrogens is 5. The molecule has 0 amide bonds. The van der Waals surface area contributed by atoms with Crippen molar-refractivity contribution in [2.24, 2.45) is 0 Å². The highest BCUT2D eigenvalue weighted by Gasteiger charge is 2.15. The first-order valence-corrected chi connectivity index (χ1v) is 15.9. The van der Waals surface area contributed by atoms with E-state index in [4.69, 9.17) is 0 Å². The first-order valence-electron chi connectivity index (χ1n) is 15.9. The van der Waals surface area contributed by atoms with E-state index in [2.05, 4.69) is 117 Å². The molecule has 4 heterocycles. The third kappa shape index (κ3) is 5.71. The maximum Gasteiger partial charge on any atom is 0.105 e. The van der Waals surface area contributed by atoms with E-state index in [1.54, 1.807) is 6.20 Å². The van der Waals surface area contributed by atoms with Crippen LogP contribution < -0.4 is 0 Å². The van der Waals surface area contributed by atoms with Crippen LogP contribution in [0.5, 0.6) is 0 Å². The van der Waals surface area contributed by atoms with Gasteiger partial charge in [0.05, 0.1) is 31.8 Å². The lowest BCUT2D eigenvalue weighted by molar-refractivity contribution is 0.136. The van der Waals surface area contributed by atoms with Crippen LogP contribution in [0.25, 0.3) is 43.6 Å². The van der Waals surface area contributed by atoms with Crippen molar-refractivity contribution in [2.75, 3.05) is 0 Å². The highest BCUT2D eigenvalue weighted by Crippen LogP contribution is 2.30. The molecule has 7 heteroatoms. The molecule has 4 aromatic heterocycles. The number of hydrogen-bond donors (Lipinski definition) is 2. The van der Waals surface area contributed by atoms with Crippen LogP contribution in [0.1, 0.15) is 11.5 Å². The van der Waals surface area contributed by atoms with Crippen molar-refractivity contribution < 1.29 is 10.2 Å². The van der Waals surface area contributed by atoms with Gasteiger partial charge in [-0.25, -0.2) is 4.98 Å². The third-order valence-corrected chi connectivity index (χ3v) is 8.94. The smallest absolute Gasteiger partial charge is 0.105 e. The minimum Gasteiger partial charge on any atom is -0.389 e. The van der Waals surface area contributed by atoms with Crippen LogP contribution in [-0.2, 0) is 26.2 Å². The monoisotopic (exact) mass is 609 g/mol. The van der Waals surface area contributed by atoms with E-state index in [-0.39, 0.29) is 0 Å². The van der Waals surface area contributed by atoms with Gasteiger partial charge in [0.1, 0.15) is 5.82 Å². The maximum absolute atomic E-state index is 10.6. The number of para-hydroxylation sites is 4. The van der Waals surface area contributed by atoms with Crippen molar-refractivity contribution in [2.45, 2.75) is 52.2 Å². The summed E-state index contributed by atoms with van der Waals surface area (Å²) < 4.78 is 8.52. The normalized spacial score (nSPS) is 13.0. The first kappa shape index (κ1) is 29.6. The molecule has 0 fully saturated rings. The van der Waals surface area contributed by atoms with Gasteiger partial charge in [-0.1, -0.05) is 72.8 Å². The average molecular weight is 610 g/mol. The largest absolute Gasteiger partial charge is 0.389 e. The fraction of sp³-hybridized carbons (Fsp3) is 0.205. The van der Waals surface area contributed by atoms with Crippen molar-refractivity contribution >= 4 is 43.6 Å². The Bertz CT molecular complexity index is 1980.